The molecule has 6 unspecified atom stereocenters. The second-order valence-electron chi connectivity index (χ2n) is 6.97. The van der Waals surface area contributed by atoms with E-state index < -0.39 is 0 Å². The average Bonchev–Trinajstić information content (AvgIpc) is 2.26. The first-order chi connectivity index (χ1) is 7.72. The monoisotopic (exact) mass is 221 g/mol. The van der Waals surface area contributed by atoms with Crippen molar-refractivity contribution >= 4 is 0 Å². The van der Waals surface area contributed by atoms with Crippen LogP contribution < -0.4 is 5.32 Å². The van der Waals surface area contributed by atoms with E-state index in [1.165, 1.54) is 38.5 Å². The van der Waals surface area contributed by atoms with Gasteiger partial charge in [0.25, 0.3) is 0 Å². The van der Waals surface area contributed by atoms with Crippen molar-refractivity contribution in [3.05, 3.63) is 0 Å². The van der Waals surface area contributed by atoms with Gasteiger partial charge in [0.1, 0.15) is 0 Å². The normalized spacial score (nSPS) is 52.9. The summed E-state index contributed by atoms with van der Waals surface area (Å²) in [7, 11) is 0. The maximum absolute atomic E-state index is 4.01. The largest absolute Gasteiger partial charge is 0.311 e. The Bertz CT molecular complexity index is 224. The Morgan fingerprint density at radius 1 is 0.688 bits per heavy atom. The van der Waals surface area contributed by atoms with Crippen molar-refractivity contribution in [1.82, 2.24) is 5.32 Å². The maximum atomic E-state index is 4.01. The molecule has 16 heavy (non-hydrogen) atoms. The molecule has 1 heterocycles. The Hall–Kier alpha value is -0.0400. The minimum atomic E-state index is 0.874. The fraction of sp³-hybridized carbons (Fsp3) is 1.00. The number of piperidine rings is 1. The Kier molecular flexibility index (Phi) is 2.99. The Morgan fingerprint density at radius 3 is 2.31 bits per heavy atom. The third kappa shape index (κ3) is 2.03. The quantitative estimate of drug-likeness (QED) is 0.659. The number of hydrogen-bond donors (Lipinski definition) is 1. The van der Waals surface area contributed by atoms with E-state index in [0.29, 0.717) is 0 Å². The molecule has 1 saturated heterocycles. The zero-order valence-electron chi connectivity index (χ0n) is 10.9. The topological polar surface area (TPSA) is 12.0 Å². The number of rotatable bonds is 0. The molecule has 1 N–H and O–H groups in total. The Morgan fingerprint density at radius 2 is 1.44 bits per heavy atom. The summed E-state index contributed by atoms with van der Waals surface area (Å²) in [5.41, 5.74) is 0. The Balaban J connectivity index is 1.66. The van der Waals surface area contributed by atoms with Gasteiger partial charge in [0.05, 0.1) is 0 Å². The van der Waals surface area contributed by atoms with Gasteiger partial charge in [0.15, 0.2) is 0 Å². The molecular formula is C15H27N. The molecule has 3 rings (SSSR count). The van der Waals surface area contributed by atoms with Gasteiger partial charge in [-0.25, -0.2) is 0 Å². The van der Waals surface area contributed by atoms with Crippen molar-refractivity contribution < 1.29 is 0 Å². The van der Waals surface area contributed by atoms with Crippen molar-refractivity contribution in [3.63, 3.8) is 0 Å². The van der Waals surface area contributed by atoms with Crippen LogP contribution in [0.1, 0.15) is 58.8 Å². The van der Waals surface area contributed by atoms with E-state index in [9.17, 15) is 0 Å². The van der Waals surface area contributed by atoms with Crippen LogP contribution in [-0.4, -0.2) is 12.1 Å². The van der Waals surface area contributed by atoms with Gasteiger partial charge in [-0.1, -0.05) is 20.3 Å². The fourth-order valence-electron chi connectivity index (χ4n) is 4.57. The van der Waals surface area contributed by atoms with Crippen LogP contribution in [0.15, 0.2) is 0 Å². The van der Waals surface area contributed by atoms with Crippen LogP contribution in [0.5, 0.6) is 0 Å². The molecule has 3 aliphatic rings. The van der Waals surface area contributed by atoms with Crippen LogP contribution in [0, 0.1) is 23.7 Å². The van der Waals surface area contributed by atoms with Gasteiger partial charge in [0.2, 0.25) is 0 Å². The lowest BCUT2D eigenvalue weighted by atomic mass is 9.66. The molecule has 0 spiro atoms. The SMILES string of the molecule is CC1CCC2NC3CC(C)CCC3CC2C1. The molecule has 1 aliphatic heterocycles. The fourth-order valence-corrected chi connectivity index (χ4v) is 4.57. The third-order valence-electron chi connectivity index (χ3n) is 5.53. The summed E-state index contributed by atoms with van der Waals surface area (Å²) in [5.74, 6) is 3.98. The number of fused-ring (bicyclic) bond motifs is 2. The van der Waals surface area contributed by atoms with Gasteiger partial charge in [-0.2, -0.15) is 0 Å². The minimum Gasteiger partial charge on any atom is -0.311 e. The highest BCUT2D eigenvalue weighted by Gasteiger charge is 2.40. The predicted molar refractivity (Wildman–Crippen MR) is 68.3 cm³/mol. The molecule has 1 heteroatoms. The summed E-state index contributed by atoms with van der Waals surface area (Å²) in [6.07, 6.45) is 10.4. The molecule has 1 nitrogen and oxygen atoms in total. The van der Waals surface area contributed by atoms with Gasteiger partial charge < -0.3 is 5.32 Å². The highest BCUT2D eigenvalue weighted by Crippen LogP contribution is 2.42. The summed E-state index contributed by atoms with van der Waals surface area (Å²) in [6.45, 7) is 4.89. The first-order valence-electron chi connectivity index (χ1n) is 7.48. The summed E-state index contributed by atoms with van der Waals surface area (Å²) in [6, 6.07) is 1.75. The molecule has 0 bridgehead atoms. The predicted octanol–water partition coefficient (Wildman–Crippen LogP) is 3.59. The van der Waals surface area contributed by atoms with Crippen molar-refractivity contribution in [2.24, 2.45) is 23.7 Å². The van der Waals surface area contributed by atoms with Gasteiger partial charge in [-0.3, -0.25) is 0 Å². The van der Waals surface area contributed by atoms with E-state index in [-0.39, 0.29) is 0 Å². The molecule has 3 fully saturated rings. The van der Waals surface area contributed by atoms with E-state index in [1.807, 2.05) is 0 Å². The van der Waals surface area contributed by atoms with E-state index in [2.05, 4.69) is 19.2 Å². The summed E-state index contributed by atoms with van der Waals surface area (Å²) < 4.78 is 0. The molecule has 0 aromatic carbocycles. The Labute approximate surface area is 100 Å². The van der Waals surface area contributed by atoms with Gasteiger partial charge in [0, 0.05) is 12.1 Å². The summed E-state index contributed by atoms with van der Waals surface area (Å²) in [4.78, 5) is 0. The summed E-state index contributed by atoms with van der Waals surface area (Å²) in [5, 5.41) is 4.01. The van der Waals surface area contributed by atoms with Gasteiger partial charge in [-0.05, 0) is 62.2 Å². The number of nitrogens with one attached hydrogen (secondary N) is 1. The van der Waals surface area contributed by atoms with Crippen LogP contribution in [-0.2, 0) is 0 Å². The van der Waals surface area contributed by atoms with Crippen LogP contribution in [0.3, 0.4) is 0 Å². The van der Waals surface area contributed by atoms with E-state index in [4.69, 9.17) is 0 Å². The molecule has 0 amide bonds. The second-order valence-corrected chi connectivity index (χ2v) is 6.97. The summed E-state index contributed by atoms with van der Waals surface area (Å²) >= 11 is 0. The molecule has 2 aliphatic carbocycles. The lowest BCUT2D eigenvalue weighted by Gasteiger charge is -2.49. The molecule has 6 atom stereocenters. The molecule has 92 valence electrons. The van der Waals surface area contributed by atoms with Crippen LogP contribution >= 0.6 is 0 Å². The van der Waals surface area contributed by atoms with E-state index in [0.717, 1.165) is 35.8 Å². The second kappa shape index (κ2) is 4.33. The van der Waals surface area contributed by atoms with Gasteiger partial charge in [-0.15, -0.1) is 0 Å². The van der Waals surface area contributed by atoms with Crippen molar-refractivity contribution in [1.29, 1.82) is 0 Å². The standard InChI is InChI=1S/C15H27N/c1-10-4-6-14-13(7-10)9-12-5-3-11(2)8-15(12)16-14/h10-16H,3-9H2,1-2H3. The lowest BCUT2D eigenvalue weighted by Crippen LogP contribution is -2.55. The van der Waals surface area contributed by atoms with Crippen LogP contribution in [0.2, 0.25) is 0 Å². The first-order valence-corrected chi connectivity index (χ1v) is 7.48. The maximum Gasteiger partial charge on any atom is 0.0101 e. The van der Waals surface area contributed by atoms with Crippen molar-refractivity contribution in [3.8, 4) is 0 Å². The van der Waals surface area contributed by atoms with E-state index in [1.54, 1.807) is 6.42 Å². The average molecular weight is 221 g/mol. The van der Waals surface area contributed by atoms with Crippen molar-refractivity contribution in [2.45, 2.75) is 70.9 Å². The van der Waals surface area contributed by atoms with Crippen molar-refractivity contribution in [2.75, 3.05) is 0 Å². The highest BCUT2D eigenvalue weighted by atomic mass is 15.0. The zero-order valence-corrected chi connectivity index (χ0v) is 10.9. The highest BCUT2D eigenvalue weighted by molar-refractivity contribution is 4.96. The molecule has 0 aromatic rings. The molecule has 0 radical (unpaired) electrons. The smallest absolute Gasteiger partial charge is 0.0101 e. The molecule has 2 saturated carbocycles. The van der Waals surface area contributed by atoms with Gasteiger partial charge >= 0.3 is 0 Å². The molecular weight excluding hydrogens is 194 g/mol. The van der Waals surface area contributed by atoms with Crippen LogP contribution in [0.25, 0.3) is 0 Å². The zero-order chi connectivity index (χ0) is 11.1. The van der Waals surface area contributed by atoms with Crippen LogP contribution in [0.4, 0.5) is 0 Å². The molecule has 0 aromatic heterocycles. The first kappa shape index (κ1) is 11.1. The minimum absolute atomic E-state index is 0.874. The third-order valence-corrected chi connectivity index (χ3v) is 5.53. The lowest BCUT2D eigenvalue weighted by molar-refractivity contribution is 0.0662. The number of hydrogen-bond acceptors (Lipinski definition) is 1. The van der Waals surface area contributed by atoms with E-state index >= 15 is 0 Å².